The predicted molar refractivity (Wildman–Crippen MR) is 130 cm³/mol. The van der Waals surface area contributed by atoms with E-state index in [0.717, 1.165) is 0 Å². The molecule has 36 heavy (non-hydrogen) atoms. The standard InChI is InChI=1S/C22H39N7O7/c1-12(2)11-13(23)18(32)27-14(5-3-9-26-22(24)25)20(34)29-10-4-6-16(29)19(33)28-15(21(35)36)7-8-17(30)31/h12-16H,3-11,23H2,1-2H3,(H,27,32)(H,28,33)(H,30,31)(H,35,36)(H4,24,25,26). The van der Waals surface area contributed by atoms with Crippen LogP contribution in [0.2, 0.25) is 0 Å². The number of carbonyl (C=O) groups is 5. The lowest BCUT2D eigenvalue weighted by atomic mass is 10.0. The van der Waals surface area contributed by atoms with Gasteiger partial charge in [-0.25, -0.2) is 4.79 Å². The highest BCUT2D eigenvalue weighted by atomic mass is 16.4. The van der Waals surface area contributed by atoms with Crippen LogP contribution in [-0.4, -0.2) is 88.0 Å². The number of likely N-dealkylation sites (tertiary alicyclic amines) is 1. The van der Waals surface area contributed by atoms with Gasteiger partial charge in [-0.05, 0) is 44.4 Å². The minimum absolute atomic E-state index is 0.104. The molecule has 204 valence electrons. The Bertz CT molecular complexity index is 830. The van der Waals surface area contributed by atoms with Crippen LogP contribution >= 0.6 is 0 Å². The summed E-state index contributed by atoms with van der Waals surface area (Å²) in [4.78, 5) is 66.4. The summed E-state index contributed by atoms with van der Waals surface area (Å²) in [6.07, 6.45) is 1.04. The Morgan fingerprint density at radius 3 is 2.28 bits per heavy atom. The van der Waals surface area contributed by atoms with E-state index < -0.39 is 60.2 Å². The normalized spacial score (nSPS) is 17.7. The Balaban J connectivity index is 2.98. The maximum atomic E-state index is 13.4. The monoisotopic (exact) mass is 513 g/mol. The van der Waals surface area contributed by atoms with Crippen molar-refractivity contribution in [1.29, 1.82) is 0 Å². The van der Waals surface area contributed by atoms with E-state index in [-0.39, 0.29) is 37.8 Å². The van der Waals surface area contributed by atoms with Crippen molar-refractivity contribution >= 4 is 35.6 Å². The first-order chi connectivity index (χ1) is 16.8. The van der Waals surface area contributed by atoms with E-state index in [4.69, 9.17) is 22.3 Å². The Kier molecular flexibility index (Phi) is 12.6. The van der Waals surface area contributed by atoms with Gasteiger partial charge in [0.1, 0.15) is 18.1 Å². The largest absolute Gasteiger partial charge is 0.481 e. The van der Waals surface area contributed by atoms with Crippen LogP contribution in [0, 0.1) is 5.92 Å². The van der Waals surface area contributed by atoms with Gasteiger partial charge in [0.05, 0.1) is 6.04 Å². The number of hydrogen-bond acceptors (Lipinski definition) is 7. The summed E-state index contributed by atoms with van der Waals surface area (Å²) in [5.41, 5.74) is 16.6. The Morgan fingerprint density at radius 2 is 1.72 bits per heavy atom. The number of rotatable bonds is 15. The number of nitrogens with one attached hydrogen (secondary N) is 2. The third kappa shape index (κ3) is 10.5. The topological polar surface area (TPSA) is 244 Å². The molecule has 0 aliphatic carbocycles. The molecular formula is C22H39N7O7. The van der Waals surface area contributed by atoms with Gasteiger partial charge in [0.2, 0.25) is 17.7 Å². The second kappa shape index (κ2) is 14.9. The molecule has 4 atom stereocenters. The molecule has 0 saturated carbocycles. The van der Waals surface area contributed by atoms with Crippen LogP contribution in [0.3, 0.4) is 0 Å². The van der Waals surface area contributed by atoms with Crippen molar-refractivity contribution in [3.8, 4) is 0 Å². The van der Waals surface area contributed by atoms with Gasteiger partial charge < -0.3 is 42.9 Å². The Labute approximate surface area is 210 Å². The summed E-state index contributed by atoms with van der Waals surface area (Å²) >= 11 is 0. The molecular weight excluding hydrogens is 474 g/mol. The molecule has 1 saturated heterocycles. The van der Waals surface area contributed by atoms with Crippen molar-refractivity contribution in [3.05, 3.63) is 0 Å². The van der Waals surface area contributed by atoms with E-state index in [0.29, 0.717) is 25.7 Å². The molecule has 1 aliphatic heterocycles. The number of carboxylic acids is 2. The number of carboxylic acid groups (broad SMARTS) is 2. The molecule has 14 heteroatoms. The van der Waals surface area contributed by atoms with Crippen LogP contribution in [-0.2, 0) is 24.0 Å². The van der Waals surface area contributed by atoms with Crippen LogP contribution in [0.25, 0.3) is 0 Å². The molecule has 1 fully saturated rings. The second-order valence-electron chi connectivity index (χ2n) is 9.27. The number of carbonyl (C=O) groups excluding carboxylic acids is 3. The number of nitrogens with two attached hydrogens (primary N) is 3. The van der Waals surface area contributed by atoms with Crippen molar-refractivity contribution in [2.24, 2.45) is 28.1 Å². The summed E-state index contributed by atoms with van der Waals surface area (Å²) in [6, 6.07) is -4.16. The van der Waals surface area contributed by atoms with Crippen molar-refractivity contribution in [2.75, 3.05) is 13.1 Å². The number of hydrogen-bond donors (Lipinski definition) is 7. The zero-order chi connectivity index (χ0) is 27.4. The molecule has 10 N–H and O–H groups in total. The van der Waals surface area contributed by atoms with E-state index in [9.17, 15) is 29.1 Å². The van der Waals surface area contributed by atoms with Gasteiger partial charge in [0.25, 0.3) is 0 Å². The quantitative estimate of drug-likeness (QED) is 0.0744. The summed E-state index contributed by atoms with van der Waals surface area (Å²) in [6.45, 7) is 4.30. The molecule has 4 unspecified atom stereocenters. The van der Waals surface area contributed by atoms with Gasteiger partial charge in [0.15, 0.2) is 5.96 Å². The van der Waals surface area contributed by atoms with E-state index in [1.54, 1.807) is 0 Å². The Morgan fingerprint density at radius 1 is 1.06 bits per heavy atom. The average molecular weight is 514 g/mol. The molecule has 0 spiro atoms. The lowest BCUT2D eigenvalue weighted by molar-refractivity contribution is -0.145. The zero-order valence-corrected chi connectivity index (χ0v) is 20.8. The van der Waals surface area contributed by atoms with Crippen molar-refractivity contribution in [3.63, 3.8) is 0 Å². The predicted octanol–water partition coefficient (Wildman–Crippen LogP) is -1.68. The van der Waals surface area contributed by atoms with Crippen LogP contribution in [0.1, 0.15) is 58.8 Å². The van der Waals surface area contributed by atoms with Crippen molar-refractivity contribution in [1.82, 2.24) is 15.5 Å². The van der Waals surface area contributed by atoms with E-state index >= 15 is 0 Å². The van der Waals surface area contributed by atoms with Crippen LogP contribution in [0.4, 0.5) is 0 Å². The highest BCUT2D eigenvalue weighted by molar-refractivity contribution is 5.94. The zero-order valence-electron chi connectivity index (χ0n) is 20.8. The lowest BCUT2D eigenvalue weighted by Gasteiger charge is -2.30. The van der Waals surface area contributed by atoms with Crippen molar-refractivity contribution in [2.45, 2.75) is 83.0 Å². The molecule has 0 aromatic heterocycles. The fourth-order valence-corrected chi connectivity index (χ4v) is 3.95. The summed E-state index contributed by atoms with van der Waals surface area (Å²) in [5, 5.41) is 23.2. The molecule has 0 aromatic carbocycles. The summed E-state index contributed by atoms with van der Waals surface area (Å²) in [5.74, 6) is -4.19. The fourth-order valence-electron chi connectivity index (χ4n) is 3.95. The van der Waals surface area contributed by atoms with Crippen molar-refractivity contribution < 1.29 is 34.2 Å². The van der Waals surface area contributed by atoms with Crippen LogP contribution in [0.15, 0.2) is 4.99 Å². The minimum atomic E-state index is -1.41. The van der Waals surface area contributed by atoms with E-state index in [1.165, 1.54) is 4.90 Å². The molecule has 0 aromatic rings. The van der Waals surface area contributed by atoms with Crippen LogP contribution in [0.5, 0.6) is 0 Å². The third-order valence-corrected chi connectivity index (χ3v) is 5.72. The summed E-state index contributed by atoms with van der Waals surface area (Å²) in [7, 11) is 0. The third-order valence-electron chi connectivity index (χ3n) is 5.72. The molecule has 14 nitrogen and oxygen atoms in total. The molecule has 0 bridgehead atoms. The van der Waals surface area contributed by atoms with Gasteiger partial charge in [-0.2, -0.15) is 0 Å². The average Bonchev–Trinajstić information content (AvgIpc) is 3.27. The number of guanidine groups is 1. The maximum Gasteiger partial charge on any atom is 0.326 e. The Hall–Kier alpha value is -3.42. The highest BCUT2D eigenvalue weighted by Crippen LogP contribution is 2.20. The minimum Gasteiger partial charge on any atom is -0.481 e. The molecule has 1 aliphatic rings. The second-order valence-corrected chi connectivity index (χ2v) is 9.27. The molecule has 1 heterocycles. The van der Waals surface area contributed by atoms with Gasteiger partial charge >= 0.3 is 11.9 Å². The highest BCUT2D eigenvalue weighted by Gasteiger charge is 2.39. The van der Waals surface area contributed by atoms with Gasteiger partial charge in [-0.1, -0.05) is 13.8 Å². The molecule has 3 amide bonds. The van der Waals surface area contributed by atoms with Gasteiger partial charge in [0, 0.05) is 19.5 Å². The maximum absolute atomic E-state index is 13.4. The van der Waals surface area contributed by atoms with Gasteiger partial charge in [-0.3, -0.25) is 24.2 Å². The smallest absolute Gasteiger partial charge is 0.326 e. The first kappa shape index (κ1) is 30.6. The SMILES string of the molecule is CC(C)CC(N)C(=O)NC(CCCN=C(N)N)C(=O)N1CCCC1C(=O)NC(CCC(=O)O)C(=O)O. The first-order valence-electron chi connectivity index (χ1n) is 12.0. The number of nitrogens with zero attached hydrogens (tertiary/aromatic N) is 2. The number of aliphatic imine (C=N–C) groups is 1. The first-order valence-corrected chi connectivity index (χ1v) is 12.0. The molecule has 0 radical (unpaired) electrons. The fraction of sp³-hybridized carbons (Fsp3) is 0.727. The summed E-state index contributed by atoms with van der Waals surface area (Å²) < 4.78 is 0. The number of aliphatic carboxylic acids is 2. The number of amides is 3. The van der Waals surface area contributed by atoms with E-state index in [2.05, 4.69) is 15.6 Å². The molecule has 1 rings (SSSR count). The van der Waals surface area contributed by atoms with E-state index in [1.807, 2.05) is 13.8 Å². The van der Waals surface area contributed by atoms with Gasteiger partial charge in [-0.15, -0.1) is 0 Å². The van der Waals surface area contributed by atoms with Crippen LogP contribution < -0.4 is 27.8 Å². The lowest BCUT2D eigenvalue weighted by Crippen LogP contribution is -2.56.